The van der Waals surface area contributed by atoms with Crippen LogP contribution in [0, 0.1) is 0 Å². The van der Waals surface area contributed by atoms with Crippen molar-refractivity contribution in [2.45, 2.75) is 45.3 Å². The zero-order valence-electron chi connectivity index (χ0n) is 17.9. The van der Waals surface area contributed by atoms with Crippen molar-refractivity contribution in [2.75, 3.05) is 6.54 Å². The number of hydrogen-bond donors (Lipinski definition) is 2. The lowest BCUT2D eigenvalue weighted by atomic mass is 9.83. The van der Waals surface area contributed by atoms with E-state index < -0.39 is 17.6 Å². The number of ether oxygens (including phenoxy) is 1. The second-order valence-corrected chi connectivity index (χ2v) is 8.54. The summed E-state index contributed by atoms with van der Waals surface area (Å²) in [5.41, 5.74) is 7.23. The summed E-state index contributed by atoms with van der Waals surface area (Å²) in [7, 11) is 0. The topological polar surface area (TPSA) is 116 Å². The van der Waals surface area contributed by atoms with E-state index in [0.29, 0.717) is 27.8 Å². The van der Waals surface area contributed by atoms with Crippen molar-refractivity contribution in [3.05, 3.63) is 70.3 Å². The van der Waals surface area contributed by atoms with Crippen molar-refractivity contribution in [1.82, 2.24) is 5.32 Å². The molecule has 1 unspecified atom stereocenters. The number of carbonyl (C=O) groups excluding carboxylic acids is 4. The summed E-state index contributed by atoms with van der Waals surface area (Å²) in [5.74, 6) is -1.21. The first-order chi connectivity index (χ1) is 14.6. The molecule has 162 valence electrons. The zero-order valence-corrected chi connectivity index (χ0v) is 17.9. The van der Waals surface area contributed by atoms with Crippen molar-refractivity contribution in [2.24, 2.45) is 5.73 Å². The molecule has 0 aromatic heterocycles. The van der Waals surface area contributed by atoms with Crippen LogP contribution in [-0.4, -0.2) is 41.6 Å². The van der Waals surface area contributed by atoms with Gasteiger partial charge in [0, 0.05) is 28.8 Å². The minimum absolute atomic E-state index is 0.0398. The molecular weight excluding hydrogens is 396 g/mol. The second kappa shape index (κ2) is 8.81. The van der Waals surface area contributed by atoms with Gasteiger partial charge in [-0.25, -0.2) is 0 Å². The molecule has 1 amide bonds. The van der Waals surface area contributed by atoms with E-state index in [0.717, 1.165) is 0 Å². The maximum Gasteiger partial charge on any atom is 0.323 e. The highest BCUT2D eigenvalue weighted by Crippen LogP contribution is 2.28. The molecule has 0 saturated heterocycles. The van der Waals surface area contributed by atoms with Crippen LogP contribution in [0.4, 0.5) is 0 Å². The van der Waals surface area contributed by atoms with E-state index in [-0.39, 0.29) is 36.9 Å². The number of hydrogen-bond acceptors (Lipinski definition) is 6. The maximum atomic E-state index is 12.8. The average molecular weight is 422 g/mol. The Morgan fingerprint density at radius 2 is 1.55 bits per heavy atom. The van der Waals surface area contributed by atoms with Gasteiger partial charge in [0.2, 0.25) is 5.91 Å². The quantitative estimate of drug-likeness (QED) is 0.588. The fourth-order valence-electron chi connectivity index (χ4n) is 3.37. The molecule has 3 rings (SSSR count). The summed E-state index contributed by atoms with van der Waals surface area (Å²) in [5, 5.41) is 2.72. The fourth-order valence-corrected chi connectivity index (χ4v) is 3.37. The highest BCUT2D eigenvalue weighted by atomic mass is 16.6. The first kappa shape index (κ1) is 22.4. The Balaban J connectivity index is 1.59. The van der Waals surface area contributed by atoms with Gasteiger partial charge in [-0.1, -0.05) is 36.4 Å². The summed E-state index contributed by atoms with van der Waals surface area (Å²) >= 11 is 0. The molecule has 0 aliphatic heterocycles. The van der Waals surface area contributed by atoms with Gasteiger partial charge in [-0.3, -0.25) is 19.2 Å². The monoisotopic (exact) mass is 422 g/mol. The molecule has 0 saturated carbocycles. The molecule has 1 aliphatic carbocycles. The Morgan fingerprint density at radius 1 is 0.968 bits per heavy atom. The van der Waals surface area contributed by atoms with Gasteiger partial charge in [-0.15, -0.1) is 0 Å². The standard InChI is InChI=1S/C24H26N2O5/c1-24(2,3)31-23(30)19(25)10-11-26-20(27)13-14-8-9-17-18(12-14)22(29)16-7-5-4-6-15(16)21(17)28/h4-9,12,19H,10-11,13,25H2,1-3H3,(H,26,27). The van der Waals surface area contributed by atoms with Gasteiger partial charge in [-0.2, -0.15) is 0 Å². The van der Waals surface area contributed by atoms with E-state index in [1.807, 2.05) is 0 Å². The first-order valence-corrected chi connectivity index (χ1v) is 10.1. The van der Waals surface area contributed by atoms with E-state index in [1.165, 1.54) is 0 Å². The number of nitrogens with two attached hydrogens (primary N) is 1. The smallest absolute Gasteiger partial charge is 0.323 e. The number of ketones is 2. The number of benzene rings is 2. The maximum absolute atomic E-state index is 12.8. The summed E-state index contributed by atoms with van der Waals surface area (Å²) in [6, 6.07) is 10.7. The van der Waals surface area contributed by atoms with Gasteiger partial charge >= 0.3 is 5.97 Å². The Hall–Kier alpha value is -3.32. The van der Waals surface area contributed by atoms with E-state index in [2.05, 4.69) is 5.32 Å². The SMILES string of the molecule is CC(C)(C)OC(=O)C(N)CCNC(=O)Cc1ccc2c(c1)C(=O)c1ccccc1C2=O. The van der Waals surface area contributed by atoms with E-state index in [9.17, 15) is 19.2 Å². The number of nitrogens with one attached hydrogen (secondary N) is 1. The van der Waals surface area contributed by atoms with Gasteiger partial charge < -0.3 is 15.8 Å². The molecule has 31 heavy (non-hydrogen) atoms. The number of fused-ring (bicyclic) bond motifs is 2. The largest absolute Gasteiger partial charge is 0.459 e. The molecule has 0 bridgehead atoms. The van der Waals surface area contributed by atoms with Crippen LogP contribution in [-0.2, 0) is 20.7 Å². The van der Waals surface area contributed by atoms with E-state index in [4.69, 9.17) is 10.5 Å². The Labute approximate surface area is 181 Å². The normalized spacial score (nSPS) is 13.8. The molecule has 7 heteroatoms. The lowest BCUT2D eigenvalue weighted by molar-refractivity contribution is -0.156. The molecule has 3 N–H and O–H groups in total. The molecule has 1 atom stereocenters. The van der Waals surface area contributed by atoms with Gasteiger partial charge in [0.1, 0.15) is 11.6 Å². The van der Waals surface area contributed by atoms with Crippen molar-refractivity contribution < 1.29 is 23.9 Å². The molecular formula is C24H26N2O5. The Kier molecular flexibility index (Phi) is 6.36. The third kappa shape index (κ3) is 5.24. The van der Waals surface area contributed by atoms with Crippen LogP contribution in [0.1, 0.15) is 64.6 Å². The lowest BCUT2D eigenvalue weighted by Crippen LogP contribution is -2.40. The fraction of sp³-hybridized carbons (Fsp3) is 0.333. The molecule has 2 aromatic carbocycles. The third-order valence-corrected chi connectivity index (χ3v) is 4.84. The highest BCUT2D eigenvalue weighted by molar-refractivity contribution is 6.28. The number of esters is 1. The van der Waals surface area contributed by atoms with Gasteiger partial charge in [0.25, 0.3) is 0 Å². The second-order valence-electron chi connectivity index (χ2n) is 8.54. The molecule has 0 spiro atoms. The van der Waals surface area contributed by atoms with Crippen molar-refractivity contribution in [1.29, 1.82) is 0 Å². The van der Waals surface area contributed by atoms with E-state index >= 15 is 0 Å². The molecule has 2 aromatic rings. The van der Waals surface area contributed by atoms with Gasteiger partial charge in [0.05, 0.1) is 6.42 Å². The number of amides is 1. The van der Waals surface area contributed by atoms with Gasteiger partial charge in [-0.05, 0) is 38.8 Å². The van der Waals surface area contributed by atoms with Crippen molar-refractivity contribution in [3.63, 3.8) is 0 Å². The van der Waals surface area contributed by atoms with Crippen molar-refractivity contribution in [3.8, 4) is 0 Å². The number of carbonyl (C=O) groups is 4. The van der Waals surface area contributed by atoms with Crippen LogP contribution in [0.5, 0.6) is 0 Å². The van der Waals surface area contributed by atoms with Crippen LogP contribution >= 0.6 is 0 Å². The van der Waals surface area contributed by atoms with Crippen LogP contribution < -0.4 is 11.1 Å². The third-order valence-electron chi connectivity index (χ3n) is 4.84. The minimum Gasteiger partial charge on any atom is -0.459 e. The van der Waals surface area contributed by atoms with Crippen LogP contribution in [0.25, 0.3) is 0 Å². The van der Waals surface area contributed by atoms with Crippen molar-refractivity contribution >= 4 is 23.4 Å². The molecule has 1 aliphatic rings. The summed E-state index contributed by atoms with van der Waals surface area (Å²) in [4.78, 5) is 49.6. The minimum atomic E-state index is -0.827. The highest BCUT2D eigenvalue weighted by Gasteiger charge is 2.29. The molecule has 7 nitrogen and oxygen atoms in total. The Morgan fingerprint density at radius 3 is 2.16 bits per heavy atom. The Bertz CT molecular complexity index is 1050. The lowest BCUT2D eigenvalue weighted by Gasteiger charge is -2.22. The molecule has 0 fully saturated rings. The van der Waals surface area contributed by atoms with Crippen LogP contribution in [0.2, 0.25) is 0 Å². The summed E-state index contributed by atoms with van der Waals surface area (Å²) < 4.78 is 5.21. The van der Waals surface area contributed by atoms with E-state index in [1.54, 1.807) is 63.2 Å². The molecule has 0 heterocycles. The summed E-state index contributed by atoms with van der Waals surface area (Å²) in [6.07, 6.45) is 0.284. The van der Waals surface area contributed by atoms with Crippen LogP contribution in [0.15, 0.2) is 42.5 Å². The zero-order chi connectivity index (χ0) is 22.8. The average Bonchev–Trinajstić information content (AvgIpc) is 2.70. The summed E-state index contributed by atoms with van der Waals surface area (Å²) in [6.45, 7) is 5.49. The first-order valence-electron chi connectivity index (χ1n) is 10.1. The molecule has 0 radical (unpaired) electrons. The van der Waals surface area contributed by atoms with Crippen LogP contribution in [0.3, 0.4) is 0 Å². The predicted molar refractivity (Wildman–Crippen MR) is 115 cm³/mol. The number of rotatable bonds is 6. The predicted octanol–water partition coefficient (Wildman–Crippen LogP) is 2.18. The van der Waals surface area contributed by atoms with Gasteiger partial charge in [0.15, 0.2) is 11.6 Å².